The first-order valence-electron chi connectivity index (χ1n) is 6.64. The average Bonchev–Trinajstić information content (AvgIpc) is 2.78. The fourth-order valence-corrected chi connectivity index (χ4v) is 2.35. The number of rotatable bonds is 3. The first-order valence-corrected chi connectivity index (χ1v) is 7.02. The first kappa shape index (κ1) is 13.7. The lowest BCUT2D eigenvalue weighted by Crippen LogP contribution is -1.98. The van der Waals surface area contributed by atoms with Gasteiger partial charge in [0, 0.05) is 11.1 Å². The van der Waals surface area contributed by atoms with Crippen LogP contribution in [0, 0.1) is 0 Å². The fourth-order valence-electron chi connectivity index (χ4n) is 2.16. The lowest BCUT2D eigenvalue weighted by Gasteiger charge is -2.04. The predicted octanol–water partition coefficient (Wildman–Crippen LogP) is 4.35. The smallest absolute Gasteiger partial charge is 0.231 e. The molecule has 4 heteroatoms. The van der Waals surface area contributed by atoms with Crippen LogP contribution in [0.4, 0.5) is 0 Å². The van der Waals surface area contributed by atoms with Crippen LogP contribution in [-0.4, -0.2) is 12.4 Å². The number of benzene rings is 2. The molecule has 1 aliphatic heterocycles. The minimum absolute atomic E-state index is 0.145. The SMILES string of the molecule is CCOc1ccc2c(c1)OC(=Cc1ccccc1Cl)C2=O. The minimum Gasteiger partial charge on any atom is -0.494 e. The number of carbonyl (C=O) groups excluding carboxylic acids is 1. The van der Waals surface area contributed by atoms with E-state index in [2.05, 4.69) is 0 Å². The highest BCUT2D eigenvalue weighted by atomic mass is 35.5. The number of allylic oxidation sites excluding steroid dienone is 1. The van der Waals surface area contributed by atoms with Gasteiger partial charge in [-0.15, -0.1) is 0 Å². The fraction of sp³-hybridized carbons (Fsp3) is 0.118. The second-order valence-corrected chi connectivity index (χ2v) is 4.96. The molecular formula is C17H13ClO3. The Hall–Kier alpha value is -2.26. The van der Waals surface area contributed by atoms with E-state index in [0.717, 1.165) is 5.56 Å². The molecule has 106 valence electrons. The Morgan fingerprint density at radius 3 is 2.81 bits per heavy atom. The molecule has 0 N–H and O–H groups in total. The molecule has 1 aliphatic rings. The summed E-state index contributed by atoms with van der Waals surface area (Å²) < 4.78 is 11.0. The zero-order valence-electron chi connectivity index (χ0n) is 11.4. The summed E-state index contributed by atoms with van der Waals surface area (Å²) >= 11 is 6.10. The third kappa shape index (κ3) is 2.65. The summed E-state index contributed by atoms with van der Waals surface area (Å²) in [4.78, 5) is 12.3. The Morgan fingerprint density at radius 1 is 1.24 bits per heavy atom. The third-order valence-electron chi connectivity index (χ3n) is 3.14. The van der Waals surface area contributed by atoms with E-state index < -0.39 is 0 Å². The van der Waals surface area contributed by atoms with Crippen LogP contribution in [0.25, 0.3) is 6.08 Å². The molecule has 2 aromatic carbocycles. The summed E-state index contributed by atoms with van der Waals surface area (Å²) in [5.74, 6) is 1.33. The van der Waals surface area contributed by atoms with Crippen molar-refractivity contribution in [2.24, 2.45) is 0 Å². The maximum absolute atomic E-state index is 12.3. The van der Waals surface area contributed by atoms with Gasteiger partial charge < -0.3 is 9.47 Å². The number of ketones is 1. The van der Waals surface area contributed by atoms with Gasteiger partial charge in [0.25, 0.3) is 0 Å². The molecule has 0 aromatic heterocycles. The molecule has 0 atom stereocenters. The monoisotopic (exact) mass is 300 g/mol. The quantitative estimate of drug-likeness (QED) is 0.790. The summed E-state index contributed by atoms with van der Waals surface area (Å²) in [6.45, 7) is 2.47. The summed E-state index contributed by atoms with van der Waals surface area (Å²) in [6, 6.07) is 12.5. The number of fused-ring (bicyclic) bond motifs is 1. The Bertz CT molecular complexity index is 735. The van der Waals surface area contributed by atoms with E-state index in [0.29, 0.717) is 28.7 Å². The number of hydrogen-bond acceptors (Lipinski definition) is 3. The van der Waals surface area contributed by atoms with E-state index in [1.807, 2.05) is 25.1 Å². The van der Waals surface area contributed by atoms with Crippen molar-refractivity contribution in [2.45, 2.75) is 6.92 Å². The van der Waals surface area contributed by atoms with E-state index in [-0.39, 0.29) is 11.5 Å². The highest BCUT2D eigenvalue weighted by molar-refractivity contribution is 6.32. The number of ether oxygens (including phenoxy) is 2. The Morgan fingerprint density at radius 2 is 2.05 bits per heavy atom. The van der Waals surface area contributed by atoms with Crippen molar-refractivity contribution in [2.75, 3.05) is 6.61 Å². The van der Waals surface area contributed by atoms with E-state index in [1.165, 1.54) is 0 Å². The van der Waals surface area contributed by atoms with Crippen LogP contribution >= 0.6 is 11.6 Å². The molecule has 0 bridgehead atoms. The zero-order chi connectivity index (χ0) is 14.8. The lowest BCUT2D eigenvalue weighted by molar-refractivity contribution is 0.101. The maximum Gasteiger partial charge on any atom is 0.231 e. The molecule has 3 nitrogen and oxygen atoms in total. The first-order chi connectivity index (χ1) is 10.2. The van der Waals surface area contributed by atoms with Crippen LogP contribution in [0.3, 0.4) is 0 Å². The topological polar surface area (TPSA) is 35.5 Å². The summed E-state index contributed by atoms with van der Waals surface area (Å²) in [7, 11) is 0. The van der Waals surface area contributed by atoms with Crippen molar-refractivity contribution in [1.29, 1.82) is 0 Å². The molecule has 0 saturated carbocycles. The molecule has 0 fully saturated rings. The predicted molar refractivity (Wildman–Crippen MR) is 82.0 cm³/mol. The van der Waals surface area contributed by atoms with Crippen LogP contribution in [0.5, 0.6) is 11.5 Å². The van der Waals surface area contributed by atoms with Gasteiger partial charge >= 0.3 is 0 Å². The average molecular weight is 301 g/mol. The second kappa shape index (κ2) is 5.62. The molecule has 2 aromatic rings. The Balaban J connectivity index is 1.95. The number of hydrogen-bond donors (Lipinski definition) is 0. The van der Waals surface area contributed by atoms with Crippen LogP contribution in [-0.2, 0) is 0 Å². The van der Waals surface area contributed by atoms with Gasteiger partial charge in [-0.25, -0.2) is 0 Å². The molecular weight excluding hydrogens is 288 g/mol. The van der Waals surface area contributed by atoms with Crippen LogP contribution in [0.2, 0.25) is 5.02 Å². The molecule has 21 heavy (non-hydrogen) atoms. The second-order valence-electron chi connectivity index (χ2n) is 4.55. The molecule has 0 radical (unpaired) electrons. The van der Waals surface area contributed by atoms with Crippen molar-refractivity contribution < 1.29 is 14.3 Å². The zero-order valence-corrected chi connectivity index (χ0v) is 12.2. The van der Waals surface area contributed by atoms with Crippen LogP contribution in [0.15, 0.2) is 48.2 Å². The van der Waals surface area contributed by atoms with E-state index in [4.69, 9.17) is 21.1 Å². The number of Topliss-reactive ketones (excluding diaryl/α,β-unsaturated/α-hetero) is 1. The van der Waals surface area contributed by atoms with Gasteiger partial charge in [0.15, 0.2) is 5.76 Å². The van der Waals surface area contributed by atoms with E-state index in [9.17, 15) is 4.79 Å². The molecule has 3 rings (SSSR count). The number of halogens is 1. The largest absolute Gasteiger partial charge is 0.494 e. The molecule has 0 aliphatic carbocycles. The van der Waals surface area contributed by atoms with E-state index in [1.54, 1.807) is 30.3 Å². The normalized spacial score (nSPS) is 15.0. The van der Waals surface area contributed by atoms with Gasteiger partial charge in [0.2, 0.25) is 5.78 Å². The molecule has 1 heterocycles. The van der Waals surface area contributed by atoms with Gasteiger partial charge in [-0.05, 0) is 36.8 Å². The van der Waals surface area contributed by atoms with Crippen LogP contribution < -0.4 is 9.47 Å². The van der Waals surface area contributed by atoms with Crippen molar-refractivity contribution in [3.05, 3.63) is 64.4 Å². The molecule has 0 saturated heterocycles. The van der Waals surface area contributed by atoms with Crippen molar-refractivity contribution in [3.63, 3.8) is 0 Å². The van der Waals surface area contributed by atoms with Gasteiger partial charge in [0.1, 0.15) is 11.5 Å². The number of carbonyl (C=O) groups is 1. The van der Waals surface area contributed by atoms with Gasteiger partial charge in [-0.3, -0.25) is 4.79 Å². The summed E-state index contributed by atoms with van der Waals surface area (Å²) in [5.41, 5.74) is 1.29. The minimum atomic E-state index is -0.145. The van der Waals surface area contributed by atoms with E-state index >= 15 is 0 Å². The Kier molecular flexibility index (Phi) is 3.67. The van der Waals surface area contributed by atoms with Crippen LogP contribution in [0.1, 0.15) is 22.8 Å². The third-order valence-corrected chi connectivity index (χ3v) is 3.49. The summed E-state index contributed by atoms with van der Waals surface area (Å²) in [5, 5.41) is 0.576. The molecule has 0 spiro atoms. The lowest BCUT2D eigenvalue weighted by atomic mass is 10.1. The van der Waals surface area contributed by atoms with Crippen molar-refractivity contribution >= 4 is 23.5 Å². The standard InChI is InChI=1S/C17H13ClO3/c1-2-20-12-7-8-13-15(10-12)21-16(17(13)19)9-11-5-3-4-6-14(11)18/h3-10H,2H2,1H3. The highest BCUT2D eigenvalue weighted by Gasteiger charge is 2.27. The van der Waals surface area contributed by atoms with Crippen molar-refractivity contribution in [3.8, 4) is 11.5 Å². The van der Waals surface area contributed by atoms with Gasteiger partial charge in [0.05, 0.1) is 12.2 Å². The Labute approximate surface area is 127 Å². The highest BCUT2D eigenvalue weighted by Crippen LogP contribution is 2.35. The van der Waals surface area contributed by atoms with Crippen molar-refractivity contribution in [1.82, 2.24) is 0 Å². The maximum atomic E-state index is 12.3. The molecule has 0 unspecified atom stereocenters. The molecule has 0 amide bonds. The van der Waals surface area contributed by atoms with Gasteiger partial charge in [-0.2, -0.15) is 0 Å². The van der Waals surface area contributed by atoms with Gasteiger partial charge in [-0.1, -0.05) is 29.8 Å². The summed E-state index contributed by atoms with van der Waals surface area (Å²) in [6.07, 6.45) is 1.66.